The SMILES string of the molecule is Cc1ccc2oc3c(-c4cc(CC(C)C)c(C)c[n+]4C)c(C)ccc3c2c1. The lowest BCUT2D eigenvalue weighted by molar-refractivity contribution is -0.660. The molecule has 2 aromatic carbocycles. The van der Waals surface area contributed by atoms with Crippen molar-refractivity contribution in [3.8, 4) is 11.3 Å². The third-order valence-corrected chi connectivity index (χ3v) is 5.47. The summed E-state index contributed by atoms with van der Waals surface area (Å²) in [6.45, 7) is 11.1. The Morgan fingerprint density at radius 3 is 2.44 bits per heavy atom. The molecule has 0 amide bonds. The van der Waals surface area contributed by atoms with Crippen LogP contribution in [0.5, 0.6) is 0 Å². The molecule has 0 N–H and O–H groups in total. The summed E-state index contributed by atoms with van der Waals surface area (Å²) in [5, 5.41) is 2.39. The molecule has 0 spiro atoms. The first-order valence-corrected chi connectivity index (χ1v) is 9.77. The Balaban J connectivity index is 2.04. The second-order valence-electron chi connectivity index (χ2n) is 8.31. The van der Waals surface area contributed by atoms with Crippen molar-refractivity contribution < 1.29 is 8.98 Å². The molecule has 4 rings (SSSR count). The number of benzene rings is 2. The van der Waals surface area contributed by atoms with E-state index >= 15 is 0 Å². The summed E-state index contributed by atoms with van der Waals surface area (Å²) < 4.78 is 8.60. The maximum Gasteiger partial charge on any atom is 0.216 e. The van der Waals surface area contributed by atoms with Gasteiger partial charge in [-0.2, -0.15) is 0 Å². The highest BCUT2D eigenvalue weighted by atomic mass is 16.3. The van der Waals surface area contributed by atoms with Crippen LogP contribution >= 0.6 is 0 Å². The van der Waals surface area contributed by atoms with Crippen molar-refractivity contribution in [1.29, 1.82) is 0 Å². The number of rotatable bonds is 3. The van der Waals surface area contributed by atoms with E-state index in [1.165, 1.54) is 44.3 Å². The van der Waals surface area contributed by atoms with Gasteiger partial charge in [0, 0.05) is 22.4 Å². The van der Waals surface area contributed by atoms with Crippen LogP contribution in [-0.4, -0.2) is 0 Å². The molecule has 4 aromatic rings. The first-order chi connectivity index (χ1) is 12.8. The van der Waals surface area contributed by atoms with Gasteiger partial charge in [-0.15, -0.1) is 0 Å². The number of hydrogen-bond donors (Lipinski definition) is 0. The Morgan fingerprint density at radius 1 is 0.926 bits per heavy atom. The highest BCUT2D eigenvalue weighted by molar-refractivity contribution is 6.09. The number of pyridine rings is 1. The topological polar surface area (TPSA) is 17.0 Å². The second kappa shape index (κ2) is 6.53. The molecule has 0 atom stereocenters. The number of aryl methyl sites for hydroxylation is 4. The third-order valence-electron chi connectivity index (χ3n) is 5.47. The third kappa shape index (κ3) is 3.03. The lowest BCUT2D eigenvalue weighted by Crippen LogP contribution is -2.32. The molecule has 0 aliphatic heterocycles. The zero-order valence-corrected chi connectivity index (χ0v) is 17.2. The lowest BCUT2D eigenvalue weighted by atomic mass is 9.95. The summed E-state index contributed by atoms with van der Waals surface area (Å²) in [6.07, 6.45) is 3.34. The maximum atomic E-state index is 6.37. The molecule has 0 bridgehead atoms. The minimum atomic E-state index is 0.635. The molecule has 27 heavy (non-hydrogen) atoms. The summed E-state index contributed by atoms with van der Waals surface area (Å²) in [5.74, 6) is 0.635. The van der Waals surface area contributed by atoms with Gasteiger partial charge in [-0.3, -0.25) is 0 Å². The monoisotopic (exact) mass is 358 g/mol. The second-order valence-corrected chi connectivity index (χ2v) is 8.31. The van der Waals surface area contributed by atoms with Gasteiger partial charge in [0.25, 0.3) is 0 Å². The summed E-state index contributed by atoms with van der Waals surface area (Å²) in [5.41, 5.74) is 9.64. The van der Waals surface area contributed by atoms with E-state index in [0.717, 1.165) is 17.6 Å². The van der Waals surface area contributed by atoms with E-state index in [9.17, 15) is 0 Å². The van der Waals surface area contributed by atoms with E-state index < -0.39 is 0 Å². The van der Waals surface area contributed by atoms with Crippen LogP contribution in [0.4, 0.5) is 0 Å². The van der Waals surface area contributed by atoms with Crippen molar-refractivity contribution >= 4 is 21.9 Å². The molecule has 0 unspecified atom stereocenters. The molecule has 0 saturated carbocycles. The molecule has 2 heterocycles. The average Bonchev–Trinajstić information content (AvgIpc) is 2.95. The summed E-state index contributed by atoms with van der Waals surface area (Å²) in [7, 11) is 2.13. The van der Waals surface area contributed by atoms with Gasteiger partial charge in [-0.1, -0.05) is 37.6 Å². The smallest absolute Gasteiger partial charge is 0.216 e. The molecular weight excluding hydrogens is 330 g/mol. The Bertz CT molecular complexity index is 1160. The van der Waals surface area contributed by atoms with Crippen LogP contribution in [0.2, 0.25) is 0 Å². The Labute approximate surface area is 161 Å². The van der Waals surface area contributed by atoms with Gasteiger partial charge < -0.3 is 4.42 Å². The van der Waals surface area contributed by atoms with Crippen LogP contribution in [0.3, 0.4) is 0 Å². The number of furan rings is 1. The van der Waals surface area contributed by atoms with E-state index in [1.807, 2.05) is 0 Å². The van der Waals surface area contributed by atoms with Crippen LogP contribution in [0.25, 0.3) is 33.2 Å². The van der Waals surface area contributed by atoms with Crippen molar-refractivity contribution in [3.05, 3.63) is 64.8 Å². The molecule has 0 saturated heterocycles. The Kier molecular flexibility index (Phi) is 4.30. The minimum absolute atomic E-state index is 0.635. The highest BCUT2D eigenvalue weighted by Crippen LogP contribution is 2.37. The number of aromatic nitrogens is 1. The van der Waals surface area contributed by atoms with E-state index in [-0.39, 0.29) is 0 Å². The predicted molar refractivity (Wildman–Crippen MR) is 113 cm³/mol. The molecule has 2 aromatic heterocycles. The number of nitrogens with zero attached hydrogens (tertiary/aromatic N) is 1. The normalized spacial score (nSPS) is 11.8. The van der Waals surface area contributed by atoms with Gasteiger partial charge in [-0.05, 0) is 56.4 Å². The van der Waals surface area contributed by atoms with Crippen LogP contribution in [0, 0.1) is 26.7 Å². The molecular formula is C25H28NO+. The van der Waals surface area contributed by atoms with Gasteiger partial charge in [-0.25, -0.2) is 4.57 Å². The van der Waals surface area contributed by atoms with Gasteiger partial charge in [0.15, 0.2) is 6.20 Å². The molecule has 0 radical (unpaired) electrons. The van der Waals surface area contributed by atoms with E-state index in [2.05, 4.69) is 88.8 Å². The molecule has 0 aliphatic rings. The first kappa shape index (κ1) is 17.8. The minimum Gasteiger partial charge on any atom is -0.455 e. The number of hydrogen-bond acceptors (Lipinski definition) is 1. The Hall–Kier alpha value is -2.61. The average molecular weight is 359 g/mol. The van der Waals surface area contributed by atoms with Crippen molar-refractivity contribution in [2.45, 2.75) is 41.0 Å². The van der Waals surface area contributed by atoms with Crippen LogP contribution in [0.1, 0.15) is 36.1 Å². The summed E-state index contributed by atoms with van der Waals surface area (Å²) >= 11 is 0. The van der Waals surface area contributed by atoms with Crippen molar-refractivity contribution in [1.82, 2.24) is 0 Å². The predicted octanol–water partition coefficient (Wildman–Crippen LogP) is 6.20. The lowest BCUT2D eigenvalue weighted by Gasteiger charge is -2.11. The molecule has 2 heteroatoms. The van der Waals surface area contributed by atoms with Gasteiger partial charge in [0.1, 0.15) is 18.2 Å². The molecule has 2 nitrogen and oxygen atoms in total. The van der Waals surface area contributed by atoms with Crippen LogP contribution < -0.4 is 4.57 Å². The zero-order chi connectivity index (χ0) is 19.3. The highest BCUT2D eigenvalue weighted by Gasteiger charge is 2.22. The van der Waals surface area contributed by atoms with Gasteiger partial charge in [0.2, 0.25) is 5.69 Å². The summed E-state index contributed by atoms with van der Waals surface area (Å²) in [6, 6.07) is 13.2. The van der Waals surface area contributed by atoms with E-state index in [1.54, 1.807) is 0 Å². The molecule has 0 fully saturated rings. The largest absolute Gasteiger partial charge is 0.455 e. The first-order valence-electron chi connectivity index (χ1n) is 9.77. The van der Waals surface area contributed by atoms with Gasteiger partial charge in [0.05, 0.1) is 5.56 Å². The molecule has 0 aliphatic carbocycles. The van der Waals surface area contributed by atoms with Crippen LogP contribution in [0.15, 0.2) is 47.0 Å². The fourth-order valence-electron chi connectivity index (χ4n) is 4.10. The quantitative estimate of drug-likeness (QED) is 0.398. The molecule has 138 valence electrons. The van der Waals surface area contributed by atoms with E-state index in [4.69, 9.17) is 4.42 Å². The zero-order valence-electron chi connectivity index (χ0n) is 17.2. The fraction of sp³-hybridized carbons (Fsp3) is 0.320. The fourth-order valence-corrected chi connectivity index (χ4v) is 4.10. The van der Waals surface area contributed by atoms with Gasteiger partial charge >= 0.3 is 0 Å². The standard InChI is InChI=1S/C25H28NO/c1-15(2)11-19-13-22(26(6)14-18(19)5)24-17(4)8-9-20-21-12-16(3)7-10-23(21)27-25(20)24/h7-10,12-15H,11H2,1-6H3/q+1. The summed E-state index contributed by atoms with van der Waals surface area (Å²) in [4.78, 5) is 0. The van der Waals surface area contributed by atoms with Crippen molar-refractivity contribution in [2.75, 3.05) is 0 Å². The van der Waals surface area contributed by atoms with Crippen molar-refractivity contribution in [3.63, 3.8) is 0 Å². The Morgan fingerprint density at radius 2 is 1.70 bits per heavy atom. The van der Waals surface area contributed by atoms with E-state index in [0.29, 0.717) is 5.92 Å². The van der Waals surface area contributed by atoms with Crippen LogP contribution in [-0.2, 0) is 13.5 Å². The number of fused-ring (bicyclic) bond motifs is 3. The van der Waals surface area contributed by atoms with Crippen molar-refractivity contribution in [2.24, 2.45) is 13.0 Å². The maximum absolute atomic E-state index is 6.37.